The van der Waals surface area contributed by atoms with Crippen LogP contribution in [0.1, 0.15) is 29.0 Å². The van der Waals surface area contributed by atoms with Gasteiger partial charge in [0.25, 0.3) is 0 Å². The van der Waals surface area contributed by atoms with Crippen LogP contribution in [0.4, 0.5) is 8.78 Å². The van der Waals surface area contributed by atoms with Crippen LogP contribution in [0.5, 0.6) is 17.2 Å². The molecule has 5 rings (SSSR count). The molecule has 264 valence electrons. The third kappa shape index (κ3) is 9.87. The van der Waals surface area contributed by atoms with Crippen LogP contribution in [0, 0.1) is 11.6 Å². The van der Waals surface area contributed by atoms with Crippen LogP contribution in [0.15, 0.2) is 72.8 Å². The Morgan fingerprint density at radius 1 is 0.796 bits per heavy atom. The van der Waals surface area contributed by atoms with E-state index in [1.54, 1.807) is 14.2 Å². The van der Waals surface area contributed by atoms with Crippen molar-refractivity contribution >= 4 is 10.8 Å². The maximum atomic E-state index is 13.6. The van der Waals surface area contributed by atoms with Gasteiger partial charge in [0, 0.05) is 49.6 Å². The molecule has 0 spiro atoms. The van der Waals surface area contributed by atoms with E-state index in [0.717, 1.165) is 39.8 Å². The van der Waals surface area contributed by atoms with Crippen molar-refractivity contribution in [1.82, 2.24) is 5.32 Å². The Morgan fingerprint density at radius 3 is 2.29 bits per heavy atom. The van der Waals surface area contributed by atoms with Gasteiger partial charge < -0.3 is 43.6 Å². The van der Waals surface area contributed by atoms with Crippen LogP contribution < -0.4 is 19.5 Å². The molecule has 2 N–H and O–H groups in total. The number of hydrogen-bond donors (Lipinski definition) is 2. The number of ether oxygens (including phenoxy) is 7. The van der Waals surface area contributed by atoms with Gasteiger partial charge in [-0.15, -0.1) is 0 Å². The maximum Gasteiger partial charge on any atom is 0.162 e. The predicted molar refractivity (Wildman–Crippen MR) is 181 cm³/mol. The first-order chi connectivity index (χ1) is 23.9. The number of aliphatic hydroxyl groups is 1. The summed E-state index contributed by atoms with van der Waals surface area (Å²) in [6.07, 6.45) is -0.617. The minimum atomic E-state index is -0.964. The van der Waals surface area contributed by atoms with Crippen LogP contribution in [0.25, 0.3) is 10.8 Å². The zero-order valence-electron chi connectivity index (χ0n) is 28.2. The fraction of sp³-hybridized carbons (Fsp3) is 0.421. The number of rotatable bonds is 18. The van der Waals surface area contributed by atoms with Crippen molar-refractivity contribution in [2.75, 3.05) is 60.8 Å². The van der Waals surface area contributed by atoms with Gasteiger partial charge in [0.15, 0.2) is 11.6 Å². The van der Waals surface area contributed by atoms with Gasteiger partial charge in [-0.1, -0.05) is 36.4 Å². The average Bonchev–Trinajstić information content (AvgIpc) is 3.12. The Kier molecular flexibility index (Phi) is 13.6. The second kappa shape index (κ2) is 18.2. The molecule has 0 radical (unpaired) electrons. The minimum absolute atomic E-state index is 0.0920. The largest absolute Gasteiger partial charge is 0.496 e. The van der Waals surface area contributed by atoms with Gasteiger partial charge in [0.05, 0.1) is 66.1 Å². The number of aliphatic hydroxyl groups excluding tert-OH is 1. The van der Waals surface area contributed by atoms with E-state index in [-0.39, 0.29) is 43.7 Å². The minimum Gasteiger partial charge on any atom is -0.496 e. The van der Waals surface area contributed by atoms with Crippen LogP contribution in [0.2, 0.25) is 0 Å². The van der Waals surface area contributed by atoms with Gasteiger partial charge in [0.2, 0.25) is 0 Å². The monoisotopic (exact) mass is 681 g/mol. The molecule has 0 saturated carbocycles. The number of methoxy groups -OCH3 is 3. The molecule has 1 aliphatic rings. The van der Waals surface area contributed by atoms with Gasteiger partial charge in [-0.3, -0.25) is 0 Å². The molecular weight excluding hydrogens is 636 g/mol. The number of halogens is 2. The molecule has 4 aromatic rings. The Morgan fingerprint density at radius 2 is 1.53 bits per heavy atom. The third-order valence-electron chi connectivity index (χ3n) is 8.47. The topological polar surface area (TPSA) is 96.9 Å². The molecule has 0 unspecified atom stereocenters. The van der Waals surface area contributed by atoms with Crippen molar-refractivity contribution in [1.29, 1.82) is 0 Å². The Labute approximate surface area is 286 Å². The van der Waals surface area contributed by atoms with Crippen LogP contribution in [0.3, 0.4) is 0 Å². The Balaban J connectivity index is 1.20. The maximum absolute atomic E-state index is 13.6. The van der Waals surface area contributed by atoms with E-state index >= 15 is 0 Å². The summed E-state index contributed by atoms with van der Waals surface area (Å²) in [7, 11) is 4.62. The van der Waals surface area contributed by atoms with Crippen LogP contribution in [-0.4, -0.2) is 84.3 Å². The van der Waals surface area contributed by atoms with E-state index in [1.165, 1.54) is 7.11 Å². The highest BCUT2D eigenvalue weighted by Crippen LogP contribution is 2.33. The van der Waals surface area contributed by atoms with Crippen molar-refractivity contribution < 1.29 is 47.0 Å². The quantitative estimate of drug-likeness (QED) is 0.127. The van der Waals surface area contributed by atoms with E-state index in [1.807, 2.05) is 48.5 Å². The van der Waals surface area contributed by atoms with Gasteiger partial charge in [0.1, 0.15) is 23.4 Å². The zero-order chi connectivity index (χ0) is 34.6. The molecule has 11 heteroatoms. The van der Waals surface area contributed by atoms with E-state index in [4.69, 9.17) is 33.2 Å². The fourth-order valence-electron chi connectivity index (χ4n) is 6.07. The summed E-state index contributed by atoms with van der Waals surface area (Å²) < 4.78 is 67.4. The predicted octanol–water partition coefficient (Wildman–Crippen LogP) is 5.79. The highest BCUT2D eigenvalue weighted by molar-refractivity contribution is 5.89. The highest BCUT2D eigenvalue weighted by atomic mass is 19.2. The SMILES string of the molecule is COC[C@@H](O)CO[C@@H]1CNC[C@H](OCc2cc(OC)c3ccccc3c2)[C@H]1c1ccc(OCCCOCc2cc(F)c(F)cc2OC)cc1. The molecule has 0 aromatic heterocycles. The summed E-state index contributed by atoms with van der Waals surface area (Å²) in [5, 5.41) is 15.9. The lowest BCUT2D eigenvalue weighted by molar-refractivity contribution is -0.0856. The van der Waals surface area contributed by atoms with Gasteiger partial charge in [-0.25, -0.2) is 8.78 Å². The first-order valence-electron chi connectivity index (χ1n) is 16.4. The first kappa shape index (κ1) is 36.4. The van der Waals surface area contributed by atoms with Crippen molar-refractivity contribution in [3.63, 3.8) is 0 Å². The summed E-state index contributed by atoms with van der Waals surface area (Å²) in [4.78, 5) is 0. The van der Waals surface area contributed by atoms with E-state index in [2.05, 4.69) is 17.4 Å². The van der Waals surface area contributed by atoms with Gasteiger partial charge >= 0.3 is 0 Å². The summed E-state index contributed by atoms with van der Waals surface area (Å²) in [6.45, 7) is 2.80. The van der Waals surface area contributed by atoms with Crippen molar-refractivity contribution in [2.45, 2.75) is 43.9 Å². The number of benzene rings is 4. The molecule has 4 atom stereocenters. The van der Waals surface area contributed by atoms with Crippen molar-refractivity contribution in [3.8, 4) is 17.2 Å². The van der Waals surface area contributed by atoms with E-state index in [9.17, 15) is 13.9 Å². The van der Waals surface area contributed by atoms with E-state index < -0.39 is 17.7 Å². The molecule has 4 aromatic carbocycles. The lowest BCUT2D eigenvalue weighted by Crippen LogP contribution is -2.51. The normalized spacial score (nSPS) is 18.4. The number of nitrogens with one attached hydrogen (secondary N) is 1. The molecule has 49 heavy (non-hydrogen) atoms. The van der Waals surface area contributed by atoms with Crippen LogP contribution in [-0.2, 0) is 32.2 Å². The number of hydrogen-bond acceptors (Lipinski definition) is 9. The Hall–Kier alpha value is -3.84. The van der Waals surface area contributed by atoms with Crippen molar-refractivity contribution in [2.24, 2.45) is 0 Å². The average molecular weight is 682 g/mol. The molecule has 0 aliphatic carbocycles. The number of fused-ring (bicyclic) bond motifs is 1. The standard InChI is InChI=1S/C38H45F2NO8/c1-43-23-29(42)24-49-37-20-41-19-36(48-21-25-15-27-7-4-5-8-31(27)35(16-25)45-3)38(37)26-9-11-30(12-10-26)47-14-6-13-46-22-28-17-32(39)33(40)18-34(28)44-2/h4-5,7-12,15-18,29,36-38,41-42H,6,13-14,19-24H2,1-3H3/t29-,36+,37-,38-/m1/s1. The van der Waals surface area contributed by atoms with Gasteiger partial charge in [-0.05, 0) is 46.8 Å². The lowest BCUT2D eigenvalue weighted by Gasteiger charge is -2.39. The Bertz CT molecular complexity index is 1620. The van der Waals surface area contributed by atoms with Gasteiger partial charge in [-0.2, -0.15) is 0 Å². The highest BCUT2D eigenvalue weighted by Gasteiger charge is 2.36. The second-order valence-electron chi connectivity index (χ2n) is 11.9. The molecule has 0 bridgehead atoms. The van der Waals surface area contributed by atoms with Crippen LogP contribution >= 0.6 is 0 Å². The fourth-order valence-corrected chi connectivity index (χ4v) is 6.07. The molecule has 1 aliphatic heterocycles. The first-order valence-corrected chi connectivity index (χ1v) is 16.4. The smallest absolute Gasteiger partial charge is 0.162 e. The lowest BCUT2D eigenvalue weighted by atomic mass is 9.85. The summed E-state index contributed by atoms with van der Waals surface area (Å²) in [5.41, 5.74) is 2.47. The molecule has 9 nitrogen and oxygen atoms in total. The summed E-state index contributed by atoms with van der Waals surface area (Å²) >= 11 is 0. The zero-order valence-corrected chi connectivity index (χ0v) is 28.2. The molecule has 1 saturated heterocycles. The molecule has 0 amide bonds. The molecular formula is C38H45F2NO8. The second-order valence-corrected chi connectivity index (χ2v) is 11.9. The third-order valence-corrected chi connectivity index (χ3v) is 8.47. The molecule has 1 heterocycles. The van der Waals surface area contributed by atoms with Crippen molar-refractivity contribution in [3.05, 3.63) is 101 Å². The number of piperidine rings is 1. The summed E-state index contributed by atoms with van der Waals surface area (Å²) in [6, 6.07) is 22.2. The summed E-state index contributed by atoms with van der Waals surface area (Å²) in [5.74, 6) is -0.281. The van der Waals surface area contributed by atoms with E-state index in [0.29, 0.717) is 50.6 Å². The molecule has 1 fully saturated rings.